The van der Waals surface area contributed by atoms with Crippen LogP contribution in [0.1, 0.15) is 20.8 Å². The number of carbonyl (C=O) groups is 2. The zero-order chi connectivity index (χ0) is 15.8. The SMILES string of the molecule is C\C=C/C(C(C)=O)=C(C)\C=C\C(=O)Nc1ccc(O)cc1. The molecule has 0 saturated heterocycles. The van der Waals surface area contributed by atoms with E-state index in [0.29, 0.717) is 11.3 Å². The number of amides is 1. The average molecular weight is 285 g/mol. The molecule has 1 aromatic rings. The second kappa shape index (κ2) is 7.85. The van der Waals surface area contributed by atoms with Crippen molar-refractivity contribution in [2.75, 3.05) is 5.32 Å². The van der Waals surface area contributed by atoms with E-state index in [-0.39, 0.29) is 17.4 Å². The third-order valence-corrected chi connectivity index (χ3v) is 2.76. The van der Waals surface area contributed by atoms with Crippen LogP contribution in [0.25, 0.3) is 0 Å². The van der Waals surface area contributed by atoms with Gasteiger partial charge < -0.3 is 10.4 Å². The number of Topliss-reactive ketones (excluding diaryl/α,β-unsaturated/α-hetero) is 1. The molecule has 0 aliphatic rings. The highest BCUT2D eigenvalue weighted by atomic mass is 16.3. The summed E-state index contributed by atoms with van der Waals surface area (Å²) >= 11 is 0. The number of rotatable bonds is 5. The van der Waals surface area contributed by atoms with Crippen LogP contribution in [-0.4, -0.2) is 16.8 Å². The van der Waals surface area contributed by atoms with Gasteiger partial charge in [0.25, 0.3) is 0 Å². The van der Waals surface area contributed by atoms with E-state index in [4.69, 9.17) is 5.11 Å². The normalized spacial score (nSPS) is 12.5. The first-order valence-electron chi connectivity index (χ1n) is 6.56. The van der Waals surface area contributed by atoms with Gasteiger partial charge >= 0.3 is 0 Å². The van der Waals surface area contributed by atoms with Crippen LogP contribution in [0.15, 0.2) is 59.7 Å². The minimum atomic E-state index is -0.302. The van der Waals surface area contributed by atoms with Crippen molar-refractivity contribution in [3.05, 3.63) is 59.7 Å². The quantitative estimate of drug-likeness (QED) is 0.495. The van der Waals surface area contributed by atoms with Gasteiger partial charge in [-0.25, -0.2) is 0 Å². The number of carbonyl (C=O) groups excluding carboxylic acids is 2. The predicted molar refractivity (Wildman–Crippen MR) is 84.1 cm³/mol. The maximum atomic E-state index is 11.8. The molecule has 1 aromatic carbocycles. The number of hydrogen-bond acceptors (Lipinski definition) is 3. The highest BCUT2D eigenvalue weighted by Gasteiger charge is 2.03. The smallest absolute Gasteiger partial charge is 0.248 e. The highest BCUT2D eigenvalue weighted by molar-refractivity contribution is 6.00. The first kappa shape index (κ1) is 16.4. The van der Waals surface area contributed by atoms with Gasteiger partial charge in [0, 0.05) is 17.3 Å². The Bertz CT molecular complexity index is 607. The summed E-state index contributed by atoms with van der Waals surface area (Å²) in [6.45, 7) is 5.10. The molecule has 1 rings (SSSR count). The number of aromatic hydroxyl groups is 1. The molecule has 4 heteroatoms. The molecule has 2 N–H and O–H groups in total. The second-order valence-corrected chi connectivity index (χ2v) is 4.52. The van der Waals surface area contributed by atoms with Crippen molar-refractivity contribution in [3.63, 3.8) is 0 Å². The monoisotopic (exact) mass is 285 g/mol. The molecular weight excluding hydrogens is 266 g/mol. The lowest BCUT2D eigenvalue weighted by Gasteiger charge is -2.03. The molecule has 0 radical (unpaired) electrons. The Hall–Kier alpha value is -2.62. The van der Waals surface area contributed by atoms with E-state index in [2.05, 4.69) is 5.32 Å². The second-order valence-electron chi connectivity index (χ2n) is 4.52. The summed E-state index contributed by atoms with van der Waals surface area (Å²) in [4.78, 5) is 23.2. The van der Waals surface area contributed by atoms with Crippen LogP contribution in [0.2, 0.25) is 0 Å². The number of benzene rings is 1. The van der Waals surface area contributed by atoms with E-state index in [1.807, 2.05) is 6.92 Å². The molecule has 0 aliphatic carbocycles. The summed E-state index contributed by atoms with van der Waals surface area (Å²) in [6, 6.07) is 6.18. The number of allylic oxidation sites excluding steroid dienone is 5. The van der Waals surface area contributed by atoms with Gasteiger partial charge in [-0.3, -0.25) is 9.59 Å². The lowest BCUT2D eigenvalue weighted by Crippen LogP contribution is -2.07. The Morgan fingerprint density at radius 3 is 2.19 bits per heavy atom. The first-order chi connectivity index (χ1) is 9.93. The zero-order valence-corrected chi connectivity index (χ0v) is 12.4. The highest BCUT2D eigenvalue weighted by Crippen LogP contribution is 2.14. The first-order valence-corrected chi connectivity index (χ1v) is 6.56. The molecule has 0 spiro atoms. The minimum absolute atomic E-state index is 0.0470. The Kier molecular flexibility index (Phi) is 6.14. The molecule has 0 heterocycles. The van der Waals surface area contributed by atoms with E-state index in [9.17, 15) is 9.59 Å². The fourth-order valence-corrected chi connectivity index (χ4v) is 1.71. The average Bonchev–Trinajstić information content (AvgIpc) is 2.44. The van der Waals surface area contributed by atoms with Gasteiger partial charge in [0.15, 0.2) is 5.78 Å². The summed E-state index contributed by atoms with van der Waals surface area (Å²) in [7, 11) is 0. The summed E-state index contributed by atoms with van der Waals surface area (Å²) < 4.78 is 0. The molecule has 21 heavy (non-hydrogen) atoms. The number of nitrogens with one attached hydrogen (secondary N) is 1. The van der Waals surface area contributed by atoms with Crippen molar-refractivity contribution < 1.29 is 14.7 Å². The van der Waals surface area contributed by atoms with Crippen molar-refractivity contribution in [2.24, 2.45) is 0 Å². The Balaban J connectivity index is 2.79. The van der Waals surface area contributed by atoms with Crippen molar-refractivity contribution in [1.82, 2.24) is 0 Å². The van der Waals surface area contributed by atoms with Gasteiger partial charge in [0.1, 0.15) is 5.75 Å². The summed E-state index contributed by atoms with van der Waals surface area (Å²) in [6.07, 6.45) is 6.48. The largest absolute Gasteiger partial charge is 0.508 e. The van der Waals surface area contributed by atoms with Crippen molar-refractivity contribution in [3.8, 4) is 5.75 Å². The number of phenolic OH excluding ortho intramolecular Hbond substituents is 1. The molecule has 1 amide bonds. The van der Waals surface area contributed by atoms with Crippen LogP contribution in [0, 0.1) is 0 Å². The minimum Gasteiger partial charge on any atom is -0.508 e. The van der Waals surface area contributed by atoms with Crippen LogP contribution in [0.3, 0.4) is 0 Å². The zero-order valence-electron chi connectivity index (χ0n) is 12.4. The van der Waals surface area contributed by atoms with Gasteiger partial charge in [0.2, 0.25) is 5.91 Å². The maximum Gasteiger partial charge on any atom is 0.248 e. The van der Waals surface area contributed by atoms with Gasteiger partial charge in [-0.05, 0) is 50.6 Å². The fourth-order valence-electron chi connectivity index (χ4n) is 1.71. The molecule has 4 nitrogen and oxygen atoms in total. The number of ketones is 1. The van der Waals surface area contributed by atoms with E-state index in [0.717, 1.165) is 5.57 Å². The standard InChI is InChI=1S/C17H19NO3/c1-4-5-16(13(3)19)12(2)6-11-17(21)18-14-7-9-15(20)10-8-14/h4-11,20H,1-3H3,(H,18,21)/b5-4-,11-6+,16-12+. The predicted octanol–water partition coefficient (Wildman–Crippen LogP) is 3.37. The molecule has 0 aromatic heterocycles. The van der Waals surface area contributed by atoms with Gasteiger partial charge in [-0.15, -0.1) is 0 Å². The van der Waals surface area contributed by atoms with Crippen LogP contribution in [-0.2, 0) is 9.59 Å². The third kappa shape index (κ3) is 5.48. The number of phenols is 1. The van der Waals surface area contributed by atoms with Crippen LogP contribution < -0.4 is 5.32 Å². The maximum absolute atomic E-state index is 11.8. The van der Waals surface area contributed by atoms with Gasteiger partial charge in [-0.1, -0.05) is 18.2 Å². The Labute approximate surface area is 124 Å². The molecule has 110 valence electrons. The van der Waals surface area contributed by atoms with Crippen LogP contribution in [0.5, 0.6) is 5.75 Å². The van der Waals surface area contributed by atoms with Crippen molar-refractivity contribution in [2.45, 2.75) is 20.8 Å². The molecular formula is C17H19NO3. The topological polar surface area (TPSA) is 66.4 Å². The molecule has 0 atom stereocenters. The van der Waals surface area contributed by atoms with Crippen LogP contribution >= 0.6 is 0 Å². The molecule has 0 bridgehead atoms. The number of hydrogen-bond donors (Lipinski definition) is 2. The summed E-state index contributed by atoms with van der Waals surface area (Å²) in [5.41, 5.74) is 1.89. The van der Waals surface area contributed by atoms with E-state index in [1.165, 1.54) is 25.1 Å². The Morgan fingerprint density at radius 2 is 1.67 bits per heavy atom. The molecule has 0 saturated carbocycles. The van der Waals surface area contributed by atoms with Crippen LogP contribution in [0.4, 0.5) is 5.69 Å². The molecule has 0 aliphatic heterocycles. The Morgan fingerprint density at radius 1 is 1.05 bits per heavy atom. The molecule has 0 unspecified atom stereocenters. The van der Waals surface area contributed by atoms with Crippen molar-refractivity contribution in [1.29, 1.82) is 0 Å². The van der Waals surface area contributed by atoms with Crippen molar-refractivity contribution >= 4 is 17.4 Å². The molecule has 0 fully saturated rings. The van der Waals surface area contributed by atoms with E-state index < -0.39 is 0 Å². The summed E-state index contributed by atoms with van der Waals surface area (Å²) in [5.74, 6) is -0.211. The lowest BCUT2D eigenvalue weighted by atomic mass is 10.1. The number of anilines is 1. The fraction of sp³-hybridized carbons (Fsp3) is 0.176. The van der Waals surface area contributed by atoms with Gasteiger partial charge in [0.05, 0.1) is 0 Å². The third-order valence-electron chi connectivity index (χ3n) is 2.76. The lowest BCUT2D eigenvalue weighted by molar-refractivity contribution is -0.113. The van der Waals surface area contributed by atoms with E-state index in [1.54, 1.807) is 37.3 Å². The summed E-state index contributed by atoms with van der Waals surface area (Å²) in [5, 5.41) is 11.8. The van der Waals surface area contributed by atoms with Gasteiger partial charge in [-0.2, -0.15) is 0 Å². The van der Waals surface area contributed by atoms with E-state index >= 15 is 0 Å².